The van der Waals surface area contributed by atoms with Gasteiger partial charge in [-0.1, -0.05) is 79.9 Å². The summed E-state index contributed by atoms with van der Waals surface area (Å²) in [5, 5.41) is 13.4. The third-order valence-electron chi connectivity index (χ3n) is 7.85. The summed E-state index contributed by atoms with van der Waals surface area (Å²) in [5.41, 5.74) is 5.30. The van der Waals surface area contributed by atoms with Crippen molar-refractivity contribution in [2.75, 3.05) is 7.11 Å². The lowest BCUT2D eigenvalue weighted by molar-refractivity contribution is -0.138. The van der Waals surface area contributed by atoms with Crippen LogP contribution in [0.25, 0.3) is 11.1 Å². The number of nitrogens with zero attached hydrogens (tertiary/aromatic N) is 1. The number of carboxylic acids is 1. The Morgan fingerprint density at radius 1 is 1.02 bits per heavy atom. The number of halogens is 1. The van der Waals surface area contributed by atoms with Crippen molar-refractivity contribution in [2.45, 2.75) is 65.0 Å². The van der Waals surface area contributed by atoms with Crippen molar-refractivity contribution in [3.05, 3.63) is 122 Å². The van der Waals surface area contributed by atoms with Gasteiger partial charge in [0.25, 0.3) is 5.56 Å². The number of unbranched alkanes of at least 4 members (excludes halogenated alkanes) is 1. The summed E-state index contributed by atoms with van der Waals surface area (Å²) in [6, 6.07) is 20.8. The fraction of sp³-hybridized carbons (Fsp3) is 0.306. The molecule has 4 aromatic rings. The van der Waals surface area contributed by atoms with E-state index in [1.165, 1.54) is 4.57 Å². The summed E-state index contributed by atoms with van der Waals surface area (Å²) >= 11 is 6.49. The Bertz CT molecular complexity index is 1680. The largest absolute Gasteiger partial charge is 0.496 e. The number of aliphatic carboxylic acids is 1. The molecule has 0 bridgehead atoms. The highest BCUT2D eigenvalue weighted by molar-refractivity contribution is 6.31. The molecule has 0 radical (unpaired) electrons. The van der Waals surface area contributed by atoms with Crippen LogP contribution >= 0.6 is 11.6 Å². The molecule has 0 saturated carbocycles. The lowest BCUT2D eigenvalue weighted by Gasteiger charge is -2.25. The van der Waals surface area contributed by atoms with E-state index in [9.17, 15) is 19.5 Å². The highest BCUT2D eigenvalue weighted by atomic mass is 35.5. The van der Waals surface area contributed by atoms with Gasteiger partial charge in [-0.15, -0.1) is 0 Å². The predicted molar refractivity (Wildman–Crippen MR) is 175 cm³/mol. The summed E-state index contributed by atoms with van der Waals surface area (Å²) in [6.45, 7) is 5.87. The van der Waals surface area contributed by atoms with E-state index in [1.54, 1.807) is 25.4 Å². The Balaban J connectivity index is 1.71. The number of hydrogen-bond acceptors (Lipinski definition) is 4. The Morgan fingerprint density at radius 3 is 2.48 bits per heavy atom. The van der Waals surface area contributed by atoms with Gasteiger partial charge in [-0.2, -0.15) is 0 Å². The second-order valence-electron chi connectivity index (χ2n) is 11.1. The van der Waals surface area contributed by atoms with E-state index in [2.05, 4.69) is 5.32 Å². The molecule has 2 atom stereocenters. The van der Waals surface area contributed by atoms with Crippen LogP contribution in [0, 0.1) is 13.8 Å². The van der Waals surface area contributed by atoms with Crippen LogP contribution in [0.3, 0.4) is 0 Å². The number of hydrogen-bond donors (Lipinski definition) is 2. The molecule has 0 aliphatic heterocycles. The molecule has 2 N–H and O–H groups in total. The number of ether oxygens (including phenoxy) is 1. The molecule has 0 saturated heterocycles. The minimum absolute atomic E-state index is 0.265. The van der Waals surface area contributed by atoms with E-state index in [1.807, 2.05) is 81.4 Å². The zero-order valence-corrected chi connectivity index (χ0v) is 26.4. The first-order valence-electron chi connectivity index (χ1n) is 14.8. The molecule has 0 aliphatic rings. The Morgan fingerprint density at radius 2 is 1.77 bits per heavy atom. The zero-order chi connectivity index (χ0) is 31.8. The van der Waals surface area contributed by atoms with Crippen LogP contribution in [0.2, 0.25) is 5.02 Å². The number of amides is 1. The molecule has 3 aromatic carbocycles. The van der Waals surface area contributed by atoms with Gasteiger partial charge in [-0.05, 0) is 72.4 Å². The highest BCUT2D eigenvalue weighted by Gasteiger charge is 2.27. The number of benzene rings is 3. The van der Waals surface area contributed by atoms with Gasteiger partial charge in [0.2, 0.25) is 5.91 Å². The van der Waals surface area contributed by atoms with Gasteiger partial charge in [-0.25, -0.2) is 0 Å². The van der Waals surface area contributed by atoms with E-state index in [0.29, 0.717) is 41.2 Å². The van der Waals surface area contributed by atoms with Crippen molar-refractivity contribution in [1.82, 2.24) is 9.88 Å². The molecule has 1 aromatic heterocycles. The first-order chi connectivity index (χ1) is 21.1. The number of rotatable bonds is 13. The SMILES string of the molecule is CCCC[C@@H](C(=O)N[C@@H](CC(=O)O)c1cccc(-c2ccccc2OC)c1)n1cc(C)cc(Cc2c(C)cccc2Cl)c1=O. The van der Waals surface area contributed by atoms with Gasteiger partial charge in [-0.3, -0.25) is 14.4 Å². The average Bonchev–Trinajstić information content (AvgIpc) is 3.00. The molecule has 8 heteroatoms. The normalized spacial score (nSPS) is 12.4. The number of methoxy groups -OCH3 is 1. The van der Waals surface area contributed by atoms with Crippen molar-refractivity contribution >= 4 is 23.5 Å². The van der Waals surface area contributed by atoms with Crippen LogP contribution in [0.15, 0.2) is 83.8 Å². The topological polar surface area (TPSA) is 97.6 Å². The molecule has 4 rings (SSSR count). The number of carbonyl (C=O) groups is 2. The molecule has 0 fully saturated rings. The van der Waals surface area contributed by atoms with Gasteiger partial charge in [0.05, 0.1) is 19.6 Å². The quantitative estimate of drug-likeness (QED) is 0.163. The Labute approximate surface area is 263 Å². The van der Waals surface area contributed by atoms with E-state index in [0.717, 1.165) is 34.2 Å². The fourth-order valence-corrected chi connectivity index (χ4v) is 5.84. The highest BCUT2D eigenvalue weighted by Crippen LogP contribution is 2.32. The fourth-order valence-electron chi connectivity index (χ4n) is 5.55. The maximum absolute atomic E-state index is 14.0. The number of nitrogens with one attached hydrogen (secondary N) is 1. The maximum Gasteiger partial charge on any atom is 0.305 e. The summed E-state index contributed by atoms with van der Waals surface area (Å²) < 4.78 is 7.03. The summed E-state index contributed by atoms with van der Waals surface area (Å²) in [6.07, 6.45) is 3.70. The predicted octanol–water partition coefficient (Wildman–Crippen LogP) is 7.45. The Kier molecular flexibility index (Phi) is 11.0. The van der Waals surface area contributed by atoms with Crippen LogP contribution < -0.4 is 15.6 Å². The van der Waals surface area contributed by atoms with Crippen LogP contribution in [0.4, 0.5) is 0 Å². The second kappa shape index (κ2) is 14.9. The molecule has 7 nitrogen and oxygen atoms in total. The summed E-state index contributed by atoms with van der Waals surface area (Å²) in [7, 11) is 1.60. The number of carboxylic acid groups (broad SMARTS) is 1. The van der Waals surface area contributed by atoms with Gasteiger partial charge in [0.15, 0.2) is 0 Å². The van der Waals surface area contributed by atoms with Gasteiger partial charge < -0.3 is 19.7 Å². The molecule has 1 heterocycles. The lowest BCUT2D eigenvalue weighted by Crippen LogP contribution is -2.40. The zero-order valence-electron chi connectivity index (χ0n) is 25.6. The number of aryl methyl sites for hydroxylation is 2. The average molecular weight is 615 g/mol. The molecule has 0 spiro atoms. The summed E-state index contributed by atoms with van der Waals surface area (Å²) in [4.78, 5) is 39.9. The number of para-hydroxylation sites is 1. The standard InChI is InChI=1S/C36H39ClN2O5/c1-5-6-16-32(39-22-23(2)18-27(36(39)43)20-29-24(3)11-9-15-30(29)37)35(42)38-31(21-34(40)41)26-13-10-12-25(19-26)28-14-7-8-17-33(28)44-4/h7-15,17-19,22,31-32H,5-6,16,20-21H2,1-4H3,(H,38,42)(H,40,41)/t31-,32-/m0/s1. The smallest absolute Gasteiger partial charge is 0.305 e. The van der Waals surface area contributed by atoms with E-state index in [-0.39, 0.29) is 12.0 Å². The van der Waals surface area contributed by atoms with Crippen LogP contribution in [-0.4, -0.2) is 28.7 Å². The molecule has 1 amide bonds. The van der Waals surface area contributed by atoms with Gasteiger partial charge >= 0.3 is 5.97 Å². The van der Waals surface area contributed by atoms with E-state index >= 15 is 0 Å². The van der Waals surface area contributed by atoms with Gasteiger partial charge in [0.1, 0.15) is 11.8 Å². The molecule has 230 valence electrons. The lowest BCUT2D eigenvalue weighted by atomic mass is 9.96. The Hall–Kier alpha value is -4.36. The molecule has 0 unspecified atom stereocenters. The summed E-state index contributed by atoms with van der Waals surface area (Å²) in [5.74, 6) is -0.766. The molecular formula is C36H39ClN2O5. The minimum Gasteiger partial charge on any atom is -0.496 e. The van der Waals surface area contributed by atoms with Crippen LogP contribution in [0.1, 0.15) is 72.5 Å². The van der Waals surface area contributed by atoms with E-state index in [4.69, 9.17) is 16.3 Å². The monoisotopic (exact) mass is 614 g/mol. The first kappa shape index (κ1) is 32.6. The van der Waals surface area contributed by atoms with E-state index < -0.39 is 24.0 Å². The number of aromatic nitrogens is 1. The maximum atomic E-state index is 14.0. The second-order valence-corrected chi connectivity index (χ2v) is 11.5. The number of carbonyl (C=O) groups excluding carboxylic acids is 1. The molecule has 0 aliphatic carbocycles. The van der Waals surface area contributed by atoms with Gasteiger partial charge in [0, 0.05) is 28.8 Å². The van der Waals surface area contributed by atoms with Crippen LogP contribution in [-0.2, 0) is 16.0 Å². The van der Waals surface area contributed by atoms with Crippen molar-refractivity contribution in [1.29, 1.82) is 0 Å². The van der Waals surface area contributed by atoms with Crippen molar-refractivity contribution < 1.29 is 19.4 Å². The van der Waals surface area contributed by atoms with Crippen molar-refractivity contribution in [2.24, 2.45) is 0 Å². The molecular weight excluding hydrogens is 576 g/mol. The van der Waals surface area contributed by atoms with Crippen molar-refractivity contribution in [3.8, 4) is 16.9 Å². The third kappa shape index (κ3) is 7.77. The van der Waals surface area contributed by atoms with Crippen molar-refractivity contribution in [3.63, 3.8) is 0 Å². The molecule has 44 heavy (non-hydrogen) atoms. The first-order valence-corrected chi connectivity index (χ1v) is 15.2. The third-order valence-corrected chi connectivity index (χ3v) is 8.20. The van der Waals surface area contributed by atoms with Crippen LogP contribution in [0.5, 0.6) is 5.75 Å². The number of pyridine rings is 1. The minimum atomic E-state index is -1.05.